The van der Waals surface area contributed by atoms with E-state index < -0.39 is 31.0 Å². The van der Waals surface area contributed by atoms with E-state index in [0.29, 0.717) is 18.3 Å². The van der Waals surface area contributed by atoms with Crippen LogP contribution in [0.2, 0.25) is 6.32 Å². The number of fused-ring (bicyclic) bond motifs is 1. The van der Waals surface area contributed by atoms with Gasteiger partial charge >= 0.3 is 19.7 Å². The van der Waals surface area contributed by atoms with Gasteiger partial charge in [0.15, 0.2) is 0 Å². The van der Waals surface area contributed by atoms with E-state index in [-0.39, 0.29) is 5.75 Å². The Labute approximate surface area is 101 Å². The highest BCUT2D eigenvalue weighted by Gasteiger charge is 2.30. The third kappa shape index (κ3) is 2.38. The van der Waals surface area contributed by atoms with Crippen LogP contribution in [0.5, 0.6) is 11.5 Å². The second kappa shape index (κ2) is 4.81. The van der Waals surface area contributed by atoms with Crippen molar-refractivity contribution in [3.63, 3.8) is 0 Å². The molecule has 1 aliphatic rings. The molecule has 0 amide bonds. The van der Waals surface area contributed by atoms with Gasteiger partial charge in [0.2, 0.25) is 0 Å². The first kappa shape index (κ1) is 12.6. The molecule has 1 aromatic rings. The van der Waals surface area contributed by atoms with Gasteiger partial charge in [0.05, 0.1) is 0 Å². The Bertz CT molecular complexity index is 480. The van der Waals surface area contributed by atoms with Crippen LogP contribution in [-0.4, -0.2) is 29.8 Å². The molecule has 0 atom stereocenters. The van der Waals surface area contributed by atoms with Gasteiger partial charge in [-0.1, -0.05) is 6.07 Å². The third-order valence-electron chi connectivity index (χ3n) is 2.55. The van der Waals surface area contributed by atoms with Crippen LogP contribution >= 0.6 is 0 Å². The minimum atomic E-state index is -3.13. The average molecular weight is 258 g/mol. The molecule has 2 N–H and O–H groups in total. The molecule has 0 aromatic heterocycles. The molecule has 0 aliphatic carbocycles. The van der Waals surface area contributed by atoms with E-state index in [9.17, 15) is 18.6 Å². The number of hydrogen-bond acceptors (Lipinski definition) is 4. The maximum Gasteiger partial charge on any atom is 0.522 e. The largest absolute Gasteiger partial charge is 0.535 e. The summed E-state index contributed by atoms with van der Waals surface area (Å²) in [6.45, 7) is -3.13. The number of carboxylic acid groups (broad SMARTS) is 1. The Morgan fingerprint density at radius 3 is 2.83 bits per heavy atom. The van der Waals surface area contributed by atoms with Gasteiger partial charge in [-0.05, 0) is 24.4 Å². The van der Waals surface area contributed by atoms with Crippen LogP contribution in [0.15, 0.2) is 12.1 Å². The van der Waals surface area contributed by atoms with E-state index in [2.05, 4.69) is 4.74 Å². The van der Waals surface area contributed by atoms with E-state index in [0.717, 1.165) is 6.07 Å². The second-order valence-corrected chi connectivity index (χ2v) is 3.72. The molecule has 0 saturated heterocycles. The summed E-state index contributed by atoms with van der Waals surface area (Å²) < 4.78 is 33.5. The zero-order valence-corrected chi connectivity index (χ0v) is 9.10. The van der Waals surface area contributed by atoms with Crippen molar-refractivity contribution in [2.24, 2.45) is 0 Å². The fourth-order valence-electron chi connectivity index (χ4n) is 1.81. The Balaban J connectivity index is 2.50. The molecule has 8 heteroatoms. The van der Waals surface area contributed by atoms with Crippen molar-refractivity contribution in [3.05, 3.63) is 23.3 Å². The monoisotopic (exact) mass is 258 g/mol. The lowest BCUT2D eigenvalue weighted by atomic mass is 9.78. The van der Waals surface area contributed by atoms with E-state index in [4.69, 9.17) is 9.76 Å². The molecule has 2 rings (SSSR count). The molecule has 0 bridgehead atoms. The Kier molecular flexibility index (Phi) is 3.37. The average Bonchev–Trinajstić information content (AvgIpc) is 2.26. The number of alkyl halides is 2. The van der Waals surface area contributed by atoms with Gasteiger partial charge in [-0.2, -0.15) is 8.78 Å². The van der Waals surface area contributed by atoms with Crippen molar-refractivity contribution in [1.82, 2.24) is 0 Å². The molecule has 96 valence electrons. The van der Waals surface area contributed by atoms with E-state index in [1.54, 1.807) is 0 Å². The number of hydrogen-bond donors (Lipinski definition) is 2. The maximum atomic E-state index is 12.2. The number of benzene rings is 1. The van der Waals surface area contributed by atoms with Gasteiger partial charge in [0.1, 0.15) is 17.1 Å². The normalized spacial score (nSPS) is 14.1. The zero-order chi connectivity index (χ0) is 13.3. The molecule has 18 heavy (non-hydrogen) atoms. The van der Waals surface area contributed by atoms with E-state index >= 15 is 0 Å². The SMILES string of the molecule is O=C(O)c1c(OC(F)F)ccc2c1OB(O)CC2. The number of aromatic carboxylic acids is 1. The smallest absolute Gasteiger partial charge is 0.522 e. The molecule has 0 saturated carbocycles. The topological polar surface area (TPSA) is 76.0 Å². The first-order valence-corrected chi connectivity index (χ1v) is 5.17. The van der Waals surface area contributed by atoms with Crippen molar-refractivity contribution < 1.29 is 33.1 Å². The van der Waals surface area contributed by atoms with Crippen molar-refractivity contribution >= 4 is 13.1 Å². The Morgan fingerprint density at radius 2 is 2.22 bits per heavy atom. The first-order chi connectivity index (χ1) is 8.49. The number of halogens is 2. The highest BCUT2D eigenvalue weighted by atomic mass is 19.3. The van der Waals surface area contributed by atoms with Crippen LogP contribution < -0.4 is 9.39 Å². The highest BCUT2D eigenvalue weighted by molar-refractivity contribution is 6.44. The molecular weight excluding hydrogens is 249 g/mol. The van der Waals surface area contributed by atoms with Crippen molar-refractivity contribution in [2.75, 3.05) is 0 Å². The summed E-state index contributed by atoms with van der Waals surface area (Å²) in [5.41, 5.74) is 0.0471. The summed E-state index contributed by atoms with van der Waals surface area (Å²) >= 11 is 0. The highest BCUT2D eigenvalue weighted by Crippen LogP contribution is 2.36. The van der Waals surface area contributed by atoms with Crippen LogP contribution in [0, 0.1) is 0 Å². The van der Waals surface area contributed by atoms with Crippen LogP contribution in [0.25, 0.3) is 0 Å². The Morgan fingerprint density at radius 1 is 1.50 bits per heavy atom. The molecule has 1 aromatic carbocycles. The minimum absolute atomic E-state index is 0.112. The minimum Gasteiger partial charge on any atom is -0.535 e. The number of rotatable bonds is 3. The lowest BCUT2D eigenvalue weighted by molar-refractivity contribution is -0.0504. The predicted molar refractivity (Wildman–Crippen MR) is 57.1 cm³/mol. The van der Waals surface area contributed by atoms with Crippen LogP contribution in [-0.2, 0) is 6.42 Å². The molecular formula is C10H9BF2O5. The van der Waals surface area contributed by atoms with Gasteiger partial charge in [0, 0.05) is 0 Å². The van der Waals surface area contributed by atoms with Gasteiger partial charge in [-0.25, -0.2) is 4.79 Å². The third-order valence-corrected chi connectivity index (χ3v) is 2.55. The summed E-state index contributed by atoms with van der Waals surface area (Å²) in [5.74, 6) is -2.04. The molecule has 0 radical (unpaired) electrons. The molecule has 0 fully saturated rings. The summed E-state index contributed by atoms with van der Waals surface area (Å²) in [4.78, 5) is 11.1. The number of carbonyl (C=O) groups is 1. The maximum absolute atomic E-state index is 12.2. The molecule has 5 nitrogen and oxygen atoms in total. The van der Waals surface area contributed by atoms with Crippen LogP contribution in [0.1, 0.15) is 15.9 Å². The summed E-state index contributed by atoms with van der Waals surface area (Å²) in [6, 6.07) is 2.61. The summed E-state index contributed by atoms with van der Waals surface area (Å²) in [5, 5.41) is 18.4. The Hall–Kier alpha value is -1.83. The number of aryl methyl sites for hydroxylation is 1. The number of carboxylic acids is 1. The molecule has 1 heterocycles. The quantitative estimate of drug-likeness (QED) is 0.801. The predicted octanol–water partition coefficient (Wildman–Crippen LogP) is 1.40. The summed E-state index contributed by atoms with van der Waals surface area (Å²) in [6.07, 6.45) is 0.729. The van der Waals surface area contributed by atoms with E-state index in [1.165, 1.54) is 6.07 Å². The second-order valence-electron chi connectivity index (χ2n) is 3.72. The molecule has 0 unspecified atom stereocenters. The van der Waals surface area contributed by atoms with Gasteiger partial charge in [-0.3, -0.25) is 0 Å². The summed E-state index contributed by atoms with van der Waals surface area (Å²) in [7, 11) is -1.14. The van der Waals surface area contributed by atoms with Gasteiger partial charge < -0.3 is 19.5 Å². The van der Waals surface area contributed by atoms with Crippen molar-refractivity contribution in [2.45, 2.75) is 19.4 Å². The molecule has 1 aliphatic heterocycles. The lowest BCUT2D eigenvalue weighted by Gasteiger charge is -2.22. The van der Waals surface area contributed by atoms with Crippen LogP contribution in [0.3, 0.4) is 0 Å². The number of ether oxygens (including phenoxy) is 1. The first-order valence-electron chi connectivity index (χ1n) is 5.17. The van der Waals surface area contributed by atoms with E-state index in [1.807, 2.05) is 0 Å². The zero-order valence-electron chi connectivity index (χ0n) is 9.10. The van der Waals surface area contributed by atoms with Gasteiger partial charge in [-0.15, -0.1) is 0 Å². The fourth-order valence-corrected chi connectivity index (χ4v) is 1.81. The fraction of sp³-hybridized carbons (Fsp3) is 0.300. The van der Waals surface area contributed by atoms with Gasteiger partial charge in [0.25, 0.3) is 0 Å². The van der Waals surface area contributed by atoms with Crippen LogP contribution in [0.4, 0.5) is 8.78 Å². The standard InChI is InChI=1S/C10H9BF2O5/c12-10(13)17-6-2-1-5-3-4-11(16)18-8(5)7(6)9(14)15/h1-2,10,16H,3-4H2,(H,14,15). The van der Waals surface area contributed by atoms with Crippen molar-refractivity contribution in [1.29, 1.82) is 0 Å². The lowest BCUT2D eigenvalue weighted by Crippen LogP contribution is -2.28. The van der Waals surface area contributed by atoms with Crippen molar-refractivity contribution in [3.8, 4) is 11.5 Å². The molecule has 0 spiro atoms.